The molecule has 0 bridgehead atoms. The monoisotopic (exact) mass is 381 g/mol. The molecule has 26 heavy (non-hydrogen) atoms. The van der Waals surface area contributed by atoms with E-state index < -0.39 is 34.9 Å². The Labute approximate surface area is 156 Å². The summed E-state index contributed by atoms with van der Waals surface area (Å²) >= 11 is 0. The number of rotatable bonds is 13. The molecule has 7 heteroatoms. The van der Waals surface area contributed by atoms with Crippen LogP contribution in [0, 0.1) is 11.3 Å². The number of carbonyl (C=O) groups is 1. The van der Waals surface area contributed by atoms with Crippen LogP contribution < -0.4 is 5.48 Å². The lowest BCUT2D eigenvalue weighted by Crippen LogP contribution is -2.50. The molecule has 0 aromatic heterocycles. The Morgan fingerprint density at radius 2 is 1.69 bits per heavy atom. The highest BCUT2D eigenvalue weighted by molar-refractivity contribution is 5.73. The van der Waals surface area contributed by atoms with Crippen LogP contribution in [0.3, 0.4) is 0 Å². The summed E-state index contributed by atoms with van der Waals surface area (Å²) in [7, 11) is 1.23. The molecule has 1 unspecified atom stereocenters. The van der Waals surface area contributed by atoms with Crippen molar-refractivity contribution in [3.63, 3.8) is 0 Å². The lowest BCUT2D eigenvalue weighted by molar-refractivity contribution is -0.183. The van der Waals surface area contributed by atoms with Crippen LogP contribution in [0.1, 0.15) is 73.6 Å². The summed E-state index contributed by atoms with van der Waals surface area (Å²) in [5, 5.41) is 10.0. The van der Waals surface area contributed by atoms with Gasteiger partial charge in [-0.3, -0.25) is 9.63 Å². The van der Waals surface area contributed by atoms with Crippen molar-refractivity contribution < 1.29 is 28.3 Å². The molecule has 0 radical (unpaired) electrons. The minimum Gasteiger partial charge on any atom is -0.469 e. The maximum Gasteiger partial charge on any atom is 0.309 e. The highest BCUT2D eigenvalue weighted by Crippen LogP contribution is 2.44. The fraction of sp³-hybridized carbons (Fsp3) is 0.947. The number of hydrogen-bond donors (Lipinski definition) is 2. The first kappa shape index (κ1) is 25.2. The molecule has 0 aliphatic rings. The van der Waals surface area contributed by atoms with Crippen LogP contribution in [0.5, 0.6) is 0 Å². The van der Waals surface area contributed by atoms with Gasteiger partial charge in [-0.25, -0.2) is 14.3 Å². The smallest absolute Gasteiger partial charge is 0.309 e. The fourth-order valence-corrected chi connectivity index (χ4v) is 2.73. The first-order valence-corrected chi connectivity index (χ1v) is 9.35. The van der Waals surface area contributed by atoms with Gasteiger partial charge in [-0.15, -0.1) is 0 Å². The number of aliphatic hydroxyl groups is 1. The number of ether oxygens (including phenoxy) is 1. The highest BCUT2D eigenvalue weighted by Gasteiger charge is 2.47. The standard InChI is InChI=1S/C19H37F2NO4/c1-8-9-11-19(16(20)21,14(2)15(23)25-7)12-10-13-22-26-18(5,6)17(3,4)24/h14,16,22,24H,8-13H2,1-7H3/t14?,19-/m1/s1. The number of hydroxylamine groups is 1. The Hall–Kier alpha value is -0.790. The Kier molecular flexibility index (Phi) is 10.2. The van der Waals surface area contributed by atoms with E-state index >= 15 is 0 Å². The van der Waals surface area contributed by atoms with Crippen LogP contribution in [-0.2, 0) is 14.4 Å². The topological polar surface area (TPSA) is 67.8 Å². The highest BCUT2D eigenvalue weighted by atomic mass is 19.3. The molecular formula is C19H37F2NO4. The average Bonchev–Trinajstić information content (AvgIpc) is 2.54. The van der Waals surface area contributed by atoms with E-state index in [1.807, 2.05) is 6.92 Å². The zero-order valence-corrected chi connectivity index (χ0v) is 17.3. The zero-order chi connectivity index (χ0) is 20.6. The molecule has 0 spiro atoms. The molecule has 0 rings (SSSR count). The number of alkyl halides is 2. The Bertz CT molecular complexity index is 424. The third kappa shape index (κ3) is 6.74. The average molecular weight is 382 g/mol. The van der Waals surface area contributed by atoms with Gasteiger partial charge in [0.15, 0.2) is 0 Å². The van der Waals surface area contributed by atoms with Crippen molar-refractivity contribution in [2.45, 2.75) is 91.3 Å². The number of methoxy groups -OCH3 is 1. The normalized spacial score (nSPS) is 16.4. The molecule has 0 saturated heterocycles. The summed E-state index contributed by atoms with van der Waals surface area (Å²) in [6, 6.07) is 0. The lowest BCUT2D eigenvalue weighted by atomic mass is 9.69. The van der Waals surface area contributed by atoms with E-state index in [0.717, 1.165) is 6.42 Å². The second-order valence-corrected chi connectivity index (χ2v) is 8.05. The van der Waals surface area contributed by atoms with Crippen LogP contribution in [0.25, 0.3) is 0 Å². The molecule has 0 aliphatic heterocycles. The van der Waals surface area contributed by atoms with Crippen LogP contribution >= 0.6 is 0 Å². The van der Waals surface area contributed by atoms with Crippen LogP contribution in [0.4, 0.5) is 8.78 Å². The lowest BCUT2D eigenvalue weighted by Gasteiger charge is -2.38. The quantitative estimate of drug-likeness (QED) is 0.286. The third-order valence-electron chi connectivity index (χ3n) is 5.57. The Morgan fingerprint density at radius 1 is 1.15 bits per heavy atom. The summed E-state index contributed by atoms with van der Waals surface area (Å²) in [5.74, 6) is -1.48. The van der Waals surface area contributed by atoms with Crippen molar-refractivity contribution in [1.29, 1.82) is 0 Å². The SMILES string of the molecule is CCCC[C@](CCCNOC(C)(C)C(C)(C)O)(C(F)F)C(C)C(=O)OC. The Morgan fingerprint density at radius 3 is 2.12 bits per heavy atom. The largest absolute Gasteiger partial charge is 0.469 e. The number of hydrogen-bond acceptors (Lipinski definition) is 5. The minimum absolute atomic E-state index is 0.181. The van der Waals surface area contributed by atoms with E-state index in [9.17, 15) is 18.7 Å². The fourth-order valence-electron chi connectivity index (χ4n) is 2.73. The van der Waals surface area contributed by atoms with Crippen molar-refractivity contribution in [1.82, 2.24) is 5.48 Å². The molecule has 2 N–H and O–H groups in total. The van der Waals surface area contributed by atoms with Crippen molar-refractivity contribution in [3.8, 4) is 0 Å². The molecule has 0 aromatic rings. The zero-order valence-electron chi connectivity index (χ0n) is 17.3. The van der Waals surface area contributed by atoms with E-state index in [1.165, 1.54) is 14.0 Å². The molecule has 0 saturated carbocycles. The van der Waals surface area contributed by atoms with Crippen molar-refractivity contribution in [3.05, 3.63) is 0 Å². The molecule has 2 atom stereocenters. The van der Waals surface area contributed by atoms with E-state index in [-0.39, 0.29) is 12.8 Å². The second kappa shape index (κ2) is 10.5. The number of esters is 1. The van der Waals surface area contributed by atoms with Gasteiger partial charge in [0.2, 0.25) is 6.43 Å². The predicted octanol–water partition coefficient (Wildman–Crippen LogP) is 4.09. The van der Waals surface area contributed by atoms with Gasteiger partial charge in [0.25, 0.3) is 0 Å². The molecular weight excluding hydrogens is 344 g/mol. The summed E-state index contributed by atoms with van der Waals surface area (Å²) in [6.45, 7) is 10.6. The van der Waals surface area contributed by atoms with Crippen molar-refractivity contribution in [2.24, 2.45) is 11.3 Å². The van der Waals surface area contributed by atoms with E-state index in [0.29, 0.717) is 19.4 Å². The van der Waals surface area contributed by atoms with Gasteiger partial charge < -0.3 is 9.84 Å². The van der Waals surface area contributed by atoms with E-state index in [2.05, 4.69) is 5.48 Å². The third-order valence-corrected chi connectivity index (χ3v) is 5.57. The molecule has 0 aromatic carbocycles. The maximum atomic E-state index is 14.0. The molecule has 0 aliphatic carbocycles. The summed E-state index contributed by atoms with van der Waals surface area (Å²) < 4.78 is 32.7. The van der Waals surface area contributed by atoms with Gasteiger partial charge in [0.05, 0.1) is 18.6 Å². The van der Waals surface area contributed by atoms with Crippen LogP contribution in [0.2, 0.25) is 0 Å². The van der Waals surface area contributed by atoms with Gasteiger partial charge in [0, 0.05) is 12.0 Å². The van der Waals surface area contributed by atoms with Gasteiger partial charge in [-0.05, 0) is 47.0 Å². The molecule has 156 valence electrons. The molecule has 0 heterocycles. The Balaban J connectivity index is 4.91. The van der Waals surface area contributed by atoms with Gasteiger partial charge in [-0.2, -0.15) is 0 Å². The number of nitrogens with one attached hydrogen (secondary N) is 1. The van der Waals surface area contributed by atoms with Gasteiger partial charge in [-0.1, -0.05) is 26.7 Å². The van der Waals surface area contributed by atoms with Gasteiger partial charge >= 0.3 is 5.97 Å². The maximum absolute atomic E-state index is 14.0. The van der Waals surface area contributed by atoms with Gasteiger partial charge in [0.1, 0.15) is 5.60 Å². The van der Waals surface area contributed by atoms with E-state index in [1.54, 1.807) is 27.7 Å². The number of carbonyl (C=O) groups excluding carboxylic acids is 1. The molecule has 5 nitrogen and oxygen atoms in total. The molecule has 0 fully saturated rings. The van der Waals surface area contributed by atoms with Crippen molar-refractivity contribution >= 4 is 5.97 Å². The predicted molar refractivity (Wildman–Crippen MR) is 97.8 cm³/mol. The first-order valence-electron chi connectivity index (χ1n) is 9.35. The minimum atomic E-state index is -2.61. The molecule has 0 amide bonds. The summed E-state index contributed by atoms with van der Waals surface area (Å²) in [4.78, 5) is 17.4. The summed E-state index contributed by atoms with van der Waals surface area (Å²) in [6.07, 6.45) is -0.340. The van der Waals surface area contributed by atoms with E-state index in [4.69, 9.17) is 9.57 Å². The first-order chi connectivity index (χ1) is 11.9. The van der Waals surface area contributed by atoms with Crippen molar-refractivity contribution in [2.75, 3.05) is 13.7 Å². The number of unbranched alkanes of at least 4 members (excludes halogenated alkanes) is 1. The second-order valence-electron chi connectivity index (χ2n) is 8.05. The van der Waals surface area contributed by atoms with Crippen LogP contribution in [0.15, 0.2) is 0 Å². The number of halogens is 2. The summed E-state index contributed by atoms with van der Waals surface area (Å²) in [5.41, 5.74) is -0.547. The van der Waals surface area contributed by atoms with Crippen LogP contribution in [-0.4, -0.2) is 42.4 Å².